The largest absolute Gasteiger partial charge is 0.417 e. The minimum absolute atomic E-state index is 0.0690. The molecule has 1 aliphatic rings. The first-order valence-electron chi connectivity index (χ1n) is 12.1. The molecular formula is C27H23F4N7. The van der Waals surface area contributed by atoms with Crippen molar-refractivity contribution in [2.24, 2.45) is 0 Å². The summed E-state index contributed by atoms with van der Waals surface area (Å²) in [5, 5.41) is 11.1. The Balaban J connectivity index is 1.56. The molecule has 0 bridgehead atoms. The predicted molar refractivity (Wildman–Crippen MR) is 139 cm³/mol. The van der Waals surface area contributed by atoms with Crippen LogP contribution in [0.5, 0.6) is 0 Å². The van der Waals surface area contributed by atoms with Gasteiger partial charge in [-0.1, -0.05) is 30.3 Å². The molecule has 0 atom stereocenters. The Bertz CT molecular complexity index is 1640. The number of hydrogen-bond acceptors (Lipinski definition) is 6. The number of benzene rings is 3. The number of nitrogens with zero attached hydrogens (tertiary/aromatic N) is 5. The Hall–Kier alpha value is -4.25. The van der Waals surface area contributed by atoms with E-state index in [0.717, 1.165) is 37.9 Å². The van der Waals surface area contributed by atoms with Crippen LogP contribution in [0, 0.1) is 5.82 Å². The Labute approximate surface area is 215 Å². The Morgan fingerprint density at radius 1 is 0.842 bits per heavy atom. The third-order valence-corrected chi connectivity index (χ3v) is 6.81. The lowest BCUT2D eigenvalue weighted by molar-refractivity contribution is -0.137. The number of anilines is 3. The van der Waals surface area contributed by atoms with Crippen LogP contribution < -0.4 is 10.2 Å². The molecule has 1 saturated heterocycles. The van der Waals surface area contributed by atoms with Crippen molar-refractivity contribution >= 4 is 39.1 Å². The summed E-state index contributed by atoms with van der Waals surface area (Å²) in [6.45, 7) is 3.20. The molecule has 3 heterocycles. The van der Waals surface area contributed by atoms with Gasteiger partial charge in [0.2, 0.25) is 0 Å². The average molecular weight is 522 g/mol. The smallest absolute Gasteiger partial charge is 0.367 e. The van der Waals surface area contributed by atoms with Crippen LogP contribution in [0.15, 0.2) is 60.7 Å². The minimum Gasteiger partial charge on any atom is -0.367 e. The van der Waals surface area contributed by atoms with Gasteiger partial charge in [-0.05, 0) is 37.4 Å². The first-order valence-corrected chi connectivity index (χ1v) is 12.1. The van der Waals surface area contributed by atoms with Crippen molar-refractivity contribution in [2.45, 2.75) is 6.18 Å². The number of rotatable bonds is 4. The second-order valence-corrected chi connectivity index (χ2v) is 9.26. The van der Waals surface area contributed by atoms with Crippen LogP contribution in [0.4, 0.5) is 34.9 Å². The summed E-state index contributed by atoms with van der Waals surface area (Å²) < 4.78 is 56.1. The SMILES string of the molecule is CN1CCN(c2cccc3c(Nc4n[nH]c5c(F)cccc45)nc(-c4ccccc4C(F)(F)F)nc23)CC1. The zero-order valence-electron chi connectivity index (χ0n) is 20.3. The van der Waals surface area contributed by atoms with Crippen LogP contribution in [0.25, 0.3) is 33.2 Å². The van der Waals surface area contributed by atoms with Crippen molar-refractivity contribution in [2.75, 3.05) is 43.4 Å². The molecule has 0 amide bonds. The van der Waals surface area contributed by atoms with Gasteiger partial charge in [-0.2, -0.15) is 18.3 Å². The number of fused-ring (bicyclic) bond motifs is 2. The number of para-hydroxylation sites is 2. The minimum atomic E-state index is -4.59. The topological polar surface area (TPSA) is 73.0 Å². The van der Waals surface area contributed by atoms with Gasteiger partial charge in [0.25, 0.3) is 0 Å². The average Bonchev–Trinajstić information content (AvgIpc) is 3.32. The lowest BCUT2D eigenvalue weighted by atomic mass is 10.1. The zero-order valence-corrected chi connectivity index (χ0v) is 20.3. The van der Waals surface area contributed by atoms with Crippen LogP contribution in [-0.4, -0.2) is 58.3 Å². The second-order valence-electron chi connectivity index (χ2n) is 9.26. The summed E-state index contributed by atoms with van der Waals surface area (Å²) in [6, 6.07) is 15.4. The molecule has 2 aromatic heterocycles. The first kappa shape index (κ1) is 24.1. The third-order valence-electron chi connectivity index (χ3n) is 6.81. The predicted octanol–water partition coefficient (Wildman–Crippen LogP) is 5.83. The van der Waals surface area contributed by atoms with E-state index in [1.54, 1.807) is 12.1 Å². The third kappa shape index (κ3) is 4.28. The Morgan fingerprint density at radius 2 is 1.58 bits per heavy atom. The highest BCUT2D eigenvalue weighted by molar-refractivity contribution is 6.01. The fourth-order valence-corrected chi connectivity index (χ4v) is 4.80. The number of aromatic amines is 1. The lowest BCUT2D eigenvalue weighted by Crippen LogP contribution is -2.44. The molecule has 11 heteroatoms. The fourth-order valence-electron chi connectivity index (χ4n) is 4.80. The molecule has 5 aromatic rings. The van der Waals surface area contributed by atoms with Gasteiger partial charge in [0, 0.05) is 42.5 Å². The van der Waals surface area contributed by atoms with Gasteiger partial charge in [-0.3, -0.25) is 5.10 Å². The summed E-state index contributed by atoms with van der Waals surface area (Å²) in [7, 11) is 2.05. The van der Waals surface area contributed by atoms with Gasteiger partial charge in [0.05, 0.1) is 16.8 Å². The molecule has 3 aromatic carbocycles. The van der Waals surface area contributed by atoms with Gasteiger partial charge in [0.15, 0.2) is 11.6 Å². The van der Waals surface area contributed by atoms with Crippen LogP contribution in [0.2, 0.25) is 0 Å². The molecule has 194 valence electrons. The first-order chi connectivity index (χ1) is 18.3. The number of H-pyrrole nitrogens is 1. The number of piperazine rings is 1. The summed E-state index contributed by atoms with van der Waals surface area (Å²) in [6.07, 6.45) is -4.59. The molecule has 0 unspecified atom stereocenters. The van der Waals surface area contributed by atoms with E-state index in [4.69, 9.17) is 0 Å². The second kappa shape index (κ2) is 9.25. The number of aromatic nitrogens is 4. The van der Waals surface area contributed by atoms with E-state index in [1.807, 2.05) is 25.2 Å². The van der Waals surface area contributed by atoms with Gasteiger partial charge >= 0.3 is 6.18 Å². The Morgan fingerprint density at radius 3 is 2.37 bits per heavy atom. The van der Waals surface area contributed by atoms with E-state index >= 15 is 0 Å². The van der Waals surface area contributed by atoms with Crippen LogP contribution in [-0.2, 0) is 6.18 Å². The van der Waals surface area contributed by atoms with Crippen LogP contribution in [0.1, 0.15) is 5.56 Å². The van der Waals surface area contributed by atoms with Gasteiger partial charge < -0.3 is 15.1 Å². The van der Waals surface area contributed by atoms with Crippen molar-refractivity contribution < 1.29 is 17.6 Å². The van der Waals surface area contributed by atoms with Crippen molar-refractivity contribution in [3.8, 4) is 11.4 Å². The highest BCUT2D eigenvalue weighted by Gasteiger charge is 2.34. The normalized spacial score (nSPS) is 14.9. The molecule has 0 spiro atoms. The Kier molecular flexibility index (Phi) is 5.87. The zero-order chi connectivity index (χ0) is 26.4. The molecule has 0 radical (unpaired) electrons. The molecule has 6 rings (SSSR count). The molecule has 1 fully saturated rings. The molecule has 1 aliphatic heterocycles. The van der Waals surface area contributed by atoms with Crippen molar-refractivity contribution in [3.05, 3.63) is 72.0 Å². The fraction of sp³-hybridized carbons (Fsp3) is 0.222. The number of alkyl halides is 3. The maximum atomic E-state index is 14.3. The van der Waals surface area contributed by atoms with Crippen molar-refractivity contribution in [1.29, 1.82) is 0 Å². The molecular weight excluding hydrogens is 498 g/mol. The lowest BCUT2D eigenvalue weighted by Gasteiger charge is -2.34. The molecule has 0 saturated carbocycles. The maximum Gasteiger partial charge on any atom is 0.417 e. The number of hydrogen-bond donors (Lipinski definition) is 2. The highest BCUT2D eigenvalue weighted by atomic mass is 19.4. The summed E-state index contributed by atoms with van der Waals surface area (Å²) >= 11 is 0. The molecule has 2 N–H and O–H groups in total. The monoisotopic (exact) mass is 521 g/mol. The van der Waals surface area contributed by atoms with Gasteiger partial charge in [-0.15, -0.1) is 0 Å². The van der Waals surface area contributed by atoms with E-state index in [9.17, 15) is 17.6 Å². The number of nitrogens with one attached hydrogen (secondary N) is 2. The van der Waals surface area contributed by atoms with E-state index in [1.165, 1.54) is 24.3 Å². The quantitative estimate of drug-likeness (QED) is 0.290. The van der Waals surface area contributed by atoms with E-state index in [2.05, 4.69) is 35.3 Å². The highest BCUT2D eigenvalue weighted by Crippen LogP contribution is 2.39. The summed E-state index contributed by atoms with van der Waals surface area (Å²) in [5.74, 6) is 0.0449. The van der Waals surface area contributed by atoms with E-state index in [-0.39, 0.29) is 22.7 Å². The van der Waals surface area contributed by atoms with E-state index in [0.29, 0.717) is 22.1 Å². The van der Waals surface area contributed by atoms with Crippen molar-refractivity contribution in [3.63, 3.8) is 0 Å². The standard InChI is InChI=1S/C27H23F4N7/c1-37-12-14-38(15-13-37)21-11-5-8-18-23(21)32-24(16-6-2-3-9-19(16)27(29,30)31)33-25(18)34-26-17-7-4-10-20(28)22(17)35-36-26/h2-11H,12-15H2,1H3,(H2,32,33,34,35,36). The molecule has 0 aliphatic carbocycles. The van der Waals surface area contributed by atoms with Crippen molar-refractivity contribution in [1.82, 2.24) is 25.1 Å². The molecule has 38 heavy (non-hydrogen) atoms. The van der Waals surface area contributed by atoms with E-state index < -0.39 is 17.6 Å². The summed E-state index contributed by atoms with van der Waals surface area (Å²) in [4.78, 5) is 13.6. The van der Waals surface area contributed by atoms with Gasteiger partial charge in [-0.25, -0.2) is 14.4 Å². The number of halogens is 4. The maximum absolute atomic E-state index is 14.3. The van der Waals surface area contributed by atoms with Gasteiger partial charge in [0.1, 0.15) is 17.2 Å². The van der Waals surface area contributed by atoms with Crippen LogP contribution >= 0.6 is 0 Å². The van der Waals surface area contributed by atoms with Crippen LogP contribution in [0.3, 0.4) is 0 Å². The summed E-state index contributed by atoms with van der Waals surface area (Å²) in [5.41, 5.74) is 0.595. The number of likely N-dealkylation sites (N-methyl/N-ethyl adjacent to an activating group) is 1. The molecule has 7 nitrogen and oxygen atoms in total.